The van der Waals surface area contributed by atoms with E-state index in [1.54, 1.807) is 17.0 Å². The molecule has 0 atom stereocenters. The zero-order chi connectivity index (χ0) is 47.0. The molecule has 0 fully saturated rings. The maximum Gasteiger partial charge on any atom is 0.0645 e. The molecule has 0 aliphatic carbocycles. The van der Waals surface area contributed by atoms with Crippen LogP contribution in [0, 0.1) is 0 Å². The quantitative estimate of drug-likeness (QED) is 0.164. The molecule has 0 aliphatic rings. The Morgan fingerprint density at radius 3 is 1.69 bits per heavy atom. The maximum absolute atomic E-state index is 9.61. The van der Waals surface area contributed by atoms with Crippen LogP contribution in [0.15, 0.2) is 212 Å². The van der Waals surface area contributed by atoms with Gasteiger partial charge in [0.15, 0.2) is 0 Å². The lowest BCUT2D eigenvalue weighted by Crippen LogP contribution is -2.11. The molecule has 0 aliphatic heterocycles. The van der Waals surface area contributed by atoms with Crippen molar-refractivity contribution in [2.75, 3.05) is 4.90 Å². The van der Waals surface area contributed by atoms with E-state index >= 15 is 0 Å². The number of benzene rings is 9. The Kier molecular flexibility index (Phi) is 4.79. The van der Waals surface area contributed by atoms with Crippen molar-refractivity contribution in [2.45, 2.75) is 0 Å². The minimum absolute atomic E-state index is 0.155. The van der Waals surface area contributed by atoms with Crippen LogP contribution in [0.4, 0.5) is 17.1 Å². The summed E-state index contributed by atoms with van der Waals surface area (Å²) in [6.07, 6.45) is 0. The molecule has 0 bridgehead atoms. The van der Waals surface area contributed by atoms with E-state index in [-0.39, 0.29) is 5.69 Å². The van der Waals surface area contributed by atoms with Gasteiger partial charge in [-0.05, 0) is 109 Å². The standard InChI is InChI=1S/C50H35N/c1-3-11-36(12-4-1)44-23-20-40-21-24-45(35-46(40)34-44)39-27-31-48(32-28-39)51(50-18-10-9-17-49(50)41-14-5-2-6-15-41)47-29-25-38(26-30-47)43-22-19-37-13-7-8-16-42(37)33-43/h1-35H/i1D,3D,4D,11D,12D,20D,21D,23D,24D,27D,28D,31D,32D,34D,35D. The van der Waals surface area contributed by atoms with Crippen molar-refractivity contribution >= 4 is 38.6 Å². The van der Waals surface area contributed by atoms with Gasteiger partial charge in [0.2, 0.25) is 0 Å². The summed E-state index contributed by atoms with van der Waals surface area (Å²) in [7, 11) is 0. The summed E-state index contributed by atoms with van der Waals surface area (Å²) in [5.74, 6) is 0. The molecule has 0 saturated carbocycles. The number of anilines is 3. The summed E-state index contributed by atoms with van der Waals surface area (Å²) >= 11 is 0. The van der Waals surface area contributed by atoms with Crippen LogP contribution in [0.2, 0.25) is 0 Å². The predicted octanol–water partition coefficient (Wildman–Crippen LogP) is 14.1. The van der Waals surface area contributed by atoms with E-state index in [0.29, 0.717) is 16.9 Å². The molecule has 0 N–H and O–H groups in total. The molecule has 0 radical (unpaired) electrons. The molecule has 0 amide bonds. The van der Waals surface area contributed by atoms with Crippen molar-refractivity contribution in [3.63, 3.8) is 0 Å². The highest BCUT2D eigenvalue weighted by molar-refractivity contribution is 5.93. The number of para-hydroxylation sites is 1. The molecule has 0 unspecified atom stereocenters. The first-order valence-electron chi connectivity index (χ1n) is 23.8. The van der Waals surface area contributed by atoms with E-state index in [0.717, 1.165) is 27.5 Å². The average molecular weight is 665 g/mol. The third-order valence-electron chi connectivity index (χ3n) is 8.65. The number of rotatable bonds is 7. The van der Waals surface area contributed by atoms with Crippen LogP contribution in [-0.4, -0.2) is 0 Å². The smallest absolute Gasteiger partial charge is 0.0645 e. The zero-order valence-corrected chi connectivity index (χ0v) is 27.0. The van der Waals surface area contributed by atoms with Crippen LogP contribution in [0.25, 0.3) is 66.1 Å². The van der Waals surface area contributed by atoms with E-state index < -0.39 is 124 Å². The number of hydrogen-bond donors (Lipinski definition) is 0. The van der Waals surface area contributed by atoms with Gasteiger partial charge in [0, 0.05) is 16.9 Å². The van der Waals surface area contributed by atoms with Crippen molar-refractivity contribution in [3.8, 4) is 44.5 Å². The van der Waals surface area contributed by atoms with Crippen LogP contribution in [-0.2, 0) is 0 Å². The molecule has 0 aromatic heterocycles. The van der Waals surface area contributed by atoms with E-state index in [9.17, 15) is 8.22 Å². The fraction of sp³-hybridized carbons (Fsp3) is 0. The summed E-state index contributed by atoms with van der Waals surface area (Å²) < 4.78 is 134. The van der Waals surface area contributed by atoms with Crippen LogP contribution in [0.5, 0.6) is 0 Å². The predicted molar refractivity (Wildman–Crippen MR) is 218 cm³/mol. The SMILES string of the molecule is [2H]c1c([2H])c([2H])c(-c2c([2H])c([2H])c3c([2H])c([2H])c(-c4c([2H])c([2H])c(N(c5ccc(-c6ccc7ccccc7c6)cc5)c5ccccc5-c5ccccc5)c([2H])c4[2H])c([2H])c3c2[2H])c([2H])c1[2H]. The third kappa shape index (κ3) is 6.07. The molecule has 9 aromatic carbocycles. The van der Waals surface area contributed by atoms with Gasteiger partial charge in [-0.1, -0.05) is 164 Å². The number of fused-ring (bicyclic) bond motifs is 2. The van der Waals surface area contributed by atoms with E-state index in [1.807, 2.05) is 103 Å². The lowest BCUT2D eigenvalue weighted by atomic mass is 9.97. The molecule has 1 heteroatoms. The fourth-order valence-electron chi connectivity index (χ4n) is 6.13. The Balaban J connectivity index is 1.29. The van der Waals surface area contributed by atoms with E-state index in [4.69, 9.17) is 12.3 Å². The van der Waals surface area contributed by atoms with Crippen LogP contribution in [0.3, 0.4) is 0 Å². The van der Waals surface area contributed by atoms with Crippen LogP contribution >= 0.6 is 0 Å². The molecule has 0 saturated heterocycles. The molecule has 9 aromatic rings. The van der Waals surface area contributed by atoms with Crippen molar-refractivity contribution in [1.29, 1.82) is 0 Å². The lowest BCUT2D eigenvalue weighted by Gasteiger charge is -2.28. The Morgan fingerprint density at radius 2 is 0.941 bits per heavy atom. The van der Waals surface area contributed by atoms with Gasteiger partial charge >= 0.3 is 0 Å². The first-order chi connectivity index (χ1) is 31.5. The number of nitrogens with zero attached hydrogens (tertiary/aromatic N) is 1. The van der Waals surface area contributed by atoms with Crippen molar-refractivity contribution in [1.82, 2.24) is 0 Å². The van der Waals surface area contributed by atoms with Gasteiger partial charge in [-0.15, -0.1) is 0 Å². The highest BCUT2D eigenvalue weighted by atomic mass is 15.1. The highest BCUT2D eigenvalue weighted by Crippen LogP contribution is 2.42. The normalized spacial score (nSPS) is 15.3. The van der Waals surface area contributed by atoms with Gasteiger partial charge in [0.1, 0.15) is 0 Å². The second-order valence-electron chi connectivity index (χ2n) is 11.8. The second kappa shape index (κ2) is 13.3. The van der Waals surface area contributed by atoms with Crippen LogP contribution < -0.4 is 4.90 Å². The minimum Gasteiger partial charge on any atom is -0.310 e. The Labute approximate surface area is 320 Å². The van der Waals surface area contributed by atoms with Gasteiger partial charge < -0.3 is 4.90 Å². The van der Waals surface area contributed by atoms with Crippen LogP contribution in [0.1, 0.15) is 20.6 Å². The molecule has 9 rings (SSSR count). The summed E-state index contributed by atoms with van der Waals surface area (Å²) in [5, 5.41) is 1.18. The summed E-state index contributed by atoms with van der Waals surface area (Å²) in [6, 6.07) is 27.8. The number of hydrogen-bond acceptors (Lipinski definition) is 1. The lowest BCUT2D eigenvalue weighted by molar-refractivity contribution is 1.28. The molecule has 0 heterocycles. The van der Waals surface area contributed by atoms with E-state index in [1.165, 1.54) is 0 Å². The third-order valence-corrected chi connectivity index (χ3v) is 8.65. The van der Waals surface area contributed by atoms with Crippen molar-refractivity contribution < 1.29 is 20.6 Å². The average Bonchev–Trinajstić information content (AvgIpc) is 3.33. The van der Waals surface area contributed by atoms with Crippen molar-refractivity contribution in [2.24, 2.45) is 0 Å². The monoisotopic (exact) mass is 664 g/mol. The topological polar surface area (TPSA) is 3.24 Å². The molecule has 240 valence electrons. The summed E-state index contributed by atoms with van der Waals surface area (Å²) in [4.78, 5) is 1.63. The Morgan fingerprint density at radius 1 is 0.333 bits per heavy atom. The first-order valence-corrected chi connectivity index (χ1v) is 16.3. The van der Waals surface area contributed by atoms with Gasteiger partial charge in [-0.2, -0.15) is 0 Å². The Bertz CT molecular complexity index is 3420. The second-order valence-corrected chi connectivity index (χ2v) is 11.8. The molecular formula is C50H35N. The van der Waals surface area contributed by atoms with Crippen molar-refractivity contribution in [3.05, 3.63) is 212 Å². The maximum atomic E-state index is 9.61. The minimum atomic E-state index is -0.763. The molecule has 1 nitrogen and oxygen atoms in total. The molecule has 0 spiro atoms. The molecular weight excluding hydrogens is 615 g/mol. The van der Waals surface area contributed by atoms with E-state index in [2.05, 4.69) is 6.07 Å². The van der Waals surface area contributed by atoms with Gasteiger partial charge in [-0.3, -0.25) is 0 Å². The highest BCUT2D eigenvalue weighted by Gasteiger charge is 2.17. The summed E-state index contributed by atoms with van der Waals surface area (Å²) in [6.45, 7) is 0. The largest absolute Gasteiger partial charge is 0.310 e. The Hall–Kier alpha value is -6.70. The summed E-state index contributed by atoms with van der Waals surface area (Å²) in [5.41, 5.74) is 2.02. The fourth-order valence-corrected chi connectivity index (χ4v) is 6.13. The zero-order valence-electron chi connectivity index (χ0n) is 42.0. The first kappa shape index (κ1) is 18.3. The molecule has 51 heavy (non-hydrogen) atoms. The van der Waals surface area contributed by atoms with Gasteiger partial charge in [0.25, 0.3) is 0 Å². The van der Waals surface area contributed by atoms with Gasteiger partial charge in [0.05, 0.1) is 26.2 Å². The van der Waals surface area contributed by atoms with Gasteiger partial charge in [-0.25, -0.2) is 0 Å².